The van der Waals surface area contributed by atoms with Crippen LogP contribution in [0.15, 0.2) is 33.9 Å². The van der Waals surface area contributed by atoms with Crippen molar-refractivity contribution >= 4 is 17.1 Å². The number of nitriles is 1. The Morgan fingerprint density at radius 3 is 2.71 bits per heavy atom. The van der Waals surface area contributed by atoms with Crippen molar-refractivity contribution in [3.8, 4) is 6.07 Å². The van der Waals surface area contributed by atoms with E-state index in [1.54, 1.807) is 13.1 Å². The van der Waals surface area contributed by atoms with Gasteiger partial charge in [-0.05, 0) is 24.6 Å². The monoisotopic (exact) mass is 379 g/mol. The highest BCUT2D eigenvalue weighted by atomic mass is 16.2. The maximum absolute atomic E-state index is 12.7. The first-order valence-corrected chi connectivity index (χ1v) is 9.18. The van der Waals surface area contributed by atoms with Crippen LogP contribution in [0.3, 0.4) is 0 Å². The van der Waals surface area contributed by atoms with E-state index in [0.717, 1.165) is 31.7 Å². The molecule has 0 bridgehead atoms. The molecule has 0 amide bonds. The number of hydrogen-bond acceptors (Lipinski definition) is 6. The van der Waals surface area contributed by atoms with E-state index in [2.05, 4.69) is 26.3 Å². The first kappa shape index (κ1) is 18.0. The molecule has 1 aromatic carbocycles. The SMILES string of the molecule is CC(c1cccc(C#N)c1)n1c(N2CCNCC2)nc2c1c(=O)[nH]c(=O)n2C. The number of nitrogens with one attached hydrogen (secondary N) is 2. The van der Waals surface area contributed by atoms with Gasteiger partial charge in [-0.25, -0.2) is 4.79 Å². The number of imidazole rings is 1. The van der Waals surface area contributed by atoms with Crippen LogP contribution in [0.5, 0.6) is 0 Å². The molecule has 144 valence electrons. The lowest BCUT2D eigenvalue weighted by atomic mass is 10.1. The topological polar surface area (TPSA) is 112 Å². The van der Waals surface area contributed by atoms with Crippen LogP contribution in [0.2, 0.25) is 0 Å². The van der Waals surface area contributed by atoms with Crippen LogP contribution in [0.1, 0.15) is 24.1 Å². The summed E-state index contributed by atoms with van der Waals surface area (Å²) in [5.74, 6) is 0.651. The lowest BCUT2D eigenvalue weighted by molar-refractivity contribution is 0.557. The molecular weight excluding hydrogens is 358 g/mol. The second kappa shape index (κ2) is 6.98. The zero-order chi connectivity index (χ0) is 19.8. The molecule has 1 fully saturated rings. The van der Waals surface area contributed by atoms with Gasteiger partial charge in [-0.2, -0.15) is 10.2 Å². The molecule has 0 saturated carbocycles. The van der Waals surface area contributed by atoms with Gasteiger partial charge in [0.05, 0.1) is 17.7 Å². The minimum Gasteiger partial charge on any atom is -0.340 e. The van der Waals surface area contributed by atoms with Gasteiger partial charge in [0, 0.05) is 33.2 Å². The number of hydrogen-bond donors (Lipinski definition) is 2. The minimum absolute atomic E-state index is 0.248. The van der Waals surface area contributed by atoms with Gasteiger partial charge in [-0.1, -0.05) is 12.1 Å². The van der Waals surface area contributed by atoms with Crippen molar-refractivity contribution in [3.63, 3.8) is 0 Å². The Morgan fingerprint density at radius 1 is 1.25 bits per heavy atom. The van der Waals surface area contributed by atoms with Crippen molar-refractivity contribution in [2.24, 2.45) is 7.05 Å². The van der Waals surface area contributed by atoms with Crippen LogP contribution in [-0.4, -0.2) is 45.3 Å². The zero-order valence-electron chi connectivity index (χ0n) is 15.8. The number of anilines is 1. The predicted molar refractivity (Wildman–Crippen MR) is 106 cm³/mol. The van der Waals surface area contributed by atoms with Gasteiger partial charge in [-0.3, -0.25) is 18.9 Å². The third-order valence-electron chi connectivity index (χ3n) is 5.22. The summed E-state index contributed by atoms with van der Waals surface area (Å²) in [4.78, 5) is 34.0. The molecule has 1 aliphatic heterocycles. The Morgan fingerprint density at radius 2 is 2.00 bits per heavy atom. The molecule has 0 spiro atoms. The summed E-state index contributed by atoms with van der Waals surface area (Å²) in [6.07, 6.45) is 0. The Bertz CT molecular complexity index is 1190. The van der Waals surface area contributed by atoms with E-state index in [1.165, 1.54) is 4.57 Å². The number of rotatable bonds is 3. The molecule has 1 atom stereocenters. The number of H-pyrrole nitrogens is 1. The number of aryl methyl sites for hydroxylation is 1. The molecule has 28 heavy (non-hydrogen) atoms. The molecule has 1 saturated heterocycles. The average molecular weight is 379 g/mol. The van der Waals surface area contributed by atoms with Crippen molar-refractivity contribution < 1.29 is 0 Å². The van der Waals surface area contributed by atoms with Gasteiger partial charge in [0.25, 0.3) is 5.56 Å². The van der Waals surface area contributed by atoms with E-state index in [-0.39, 0.29) is 6.04 Å². The summed E-state index contributed by atoms with van der Waals surface area (Å²) < 4.78 is 3.23. The molecule has 9 nitrogen and oxygen atoms in total. The fourth-order valence-corrected chi connectivity index (χ4v) is 3.66. The first-order chi connectivity index (χ1) is 13.5. The maximum Gasteiger partial charge on any atom is 0.329 e. The smallest absolute Gasteiger partial charge is 0.329 e. The van der Waals surface area contributed by atoms with E-state index < -0.39 is 11.2 Å². The first-order valence-electron chi connectivity index (χ1n) is 9.18. The lowest BCUT2D eigenvalue weighted by Crippen LogP contribution is -2.44. The van der Waals surface area contributed by atoms with Gasteiger partial charge in [0.1, 0.15) is 0 Å². The summed E-state index contributed by atoms with van der Waals surface area (Å²) >= 11 is 0. The van der Waals surface area contributed by atoms with E-state index in [0.29, 0.717) is 22.7 Å². The molecule has 4 rings (SSSR count). The maximum atomic E-state index is 12.7. The number of fused-ring (bicyclic) bond motifs is 1. The van der Waals surface area contributed by atoms with Gasteiger partial charge >= 0.3 is 5.69 Å². The van der Waals surface area contributed by atoms with Crippen molar-refractivity contribution in [2.45, 2.75) is 13.0 Å². The molecule has 2 N–H and O–H groups in total. The van der Waals surface area contributed by atoms with Crippen molar-refractivity contribution in [2.75, 3.05) is 31.1 Å². The Hall–Kier alpha value is -3.38. The third-order valence-corrected chi connectivity index (χ3v) is 5.22. The number of aromatic nitrogens is 4. The molecule has 9 heteroatoms. The summed E-state index contributed by atoms with van der Waals surface area (Å²) in [6.45, 7) is 5.10. The Kier molecular flexibility index (Phi) is 4.49. The van der Waals surface area contributed by atoms with E-state index in [1.807, 2.05) is 29.7 Å². The highest BCUT2D eigenvalue weighted by molar-refractivity contribution is 5.75. The average Bonchev–Trinajstić information content (AvgIpc) is 3.13. The number of benzene rings is 1. The highest BCUT2D eigenvalue weighted by Crippen LogP contribution is 2.29. The zero-order valence-corrected chi connectivity index (χ0v) is 15.8. The largest absolute Gasteiger partial charge is 0.340 e. The Balaban J connectivity index is 1.99. The second-order valence-electron chi connectivity index (χ2n) is 6.92. The van der Waals surface area contributed by atoms with Crippen LogP contribution < -0.4 is 21.5 Å². The van der Waals surface area contributed by atoms with Gasteiger partial charge in [0.15, 0.2) is 11.2 Å². The van der Waals surface area contributed by atoms with Crippen LogP contribution in [0.25, 0.3) is 11.2 Å². The van der Waals surface area contributed by atoms with Crippen LogP contribution >= 0.6 is 0 Å². The lowest BCUT2D eigenvalue weighted by Gasteiger charge is -2.30. The Labute approximate surface area is 160 Å². The fraction of sp³-hybridized carbons (Fsp3) is 0.368. The standard InChI is InChI=1S/C19H21N7O2/c1-12(14-5-3-4-13(10-14)11-20)26-15-16(24(2)19(28)23-17(15)27)22-18(26)25-8-6-21-7-9-25/h3-5,10,12,21H,6-9H2,1-2H3,(H,23,27,28). The van der Waals surface area contributed by atoms with E-state index >= 15 is 0 Å². The van der Waals surface area contributed by atoms with E-state index in [4.69, 9.17) is 0 Å². The molecule has 1 aliphatic rings. The van der Waals surface area contributed by atoms with Crippen molar-refractivity contribution in [1.82, 2.24) is 24.4 Å². The van der Waals surface area contributed by atoms with Crippen LogP contribution in [-0.2, 0) is 7.05 Å². The fourth-order valence-electron chi connectivity index (χ4n) is 3.66. The number of nitrogens with zero attached hydrogens (tertiary/aromatic N) is 5. The second-order valence-corrected chi connectivity index (χ2v) is 6.92. The quantitative estimate of drug-likeness (QED) is 0.678. The van der Waals surface area contributed by atoms with Crippen LogP contribution in [0, 0.1) is 11.3 Å². The number of piperazine rings is 1. The van der Waals surface area contributed by atoms with Crippen molar-refractivity contribution in [1.29, 1.82) is 5.26 Å². The molecular formula is C19H21N7O2. The van der Waals surface area contributed by atoms with E-state index in [9.17, 15) is 14.9 Å². The molecule has 1 unspecified atom stereocenters. The predicted octanol–water partition coefficient (Wildman–Crippen LogP) is 0.314. The number of aromatic amines is 1. The van der Waals surface area contributed by atoms with Gasteiger partial charge < -0.3 is 10.2 Å². The summed E-state index contributed by atoms with van der Waals surface area (Å²) in [5, 5.41) is 12.5. The highest BCUT2D eigenvalue weighted by Gasteiger charge is 2.26. The summed E-state index contributed by atoms with van der Waals surface area (Å²) in [7, 11) is 1.60. The van der Waals surface area contributed by atoms with Crippen molar-refractivity contribution in [3.05, 3.63) is 56.2 Å². The van der Waals surface area contributed by atoms with Crippen LogP contribution in [0.4, 0.5) is 5.95 Å². The van der Waals surface area contributed by atoms with Gasteiger partial charge in [0.2, 0.25) is 5.95 Å². The van der Waals surface area contributed by atoms with Gasteiger partial charge in [-0.15, -0.1) is 0 Å². The summed E-state index contributed by atoms with van der Waals surface area (Å²) in [5.41, 5.74) is 1.20. The third kappa shape index (κ3) is 2.88. The molecule has 3 aromatic rings. The molecule has 2 aromatic heterocycles. The minimum atomic E-state index is -0.492. The normalized spacial score (nSPS) is 15.5. The molecule has 0 aliphatic carbocycles. The molecule has 3 heterocycles. The summed E-state index contributed by atoms with van der Waals surface area (Å²) in [6, 6.07) is 9.22. The molecule has 0 radical (unpaired) electrons.